The Balaban J connectivity index is 0.00000144. The number of aromatic carboxylic acids is 1. The molecule has 1 aromatic carbocycles. The van der Waals surface area contributed by atoms with Crippen molar-refractivity contribution in [2.45, 2.75) is 0 Å². The molecule has 0 saturated heterocycles. The number of carboxylic acids is 1. The third-order valence-corrected chi connectivity index (χ3v) is 1.94. The first-order valence-electron chi connectivity index (χ1n) is 3.13. The van der Waals surface area contributed by atoms with Crippen molar-refractivity contribution in [2.75, 3.05) is 0 Å². The first-order valence-corrected chi connectivity index (χ1v) is 4.21. The van der Waals surface area contributed by atoms with E-state index in [0.29, 0.717) is 0 Å². The number of carboxylic acid groups (broad SMARTS) is 1. The molecule has 13 heavy (non-hydrogen) atoms. The fraction of sp³-hybridized carbons (Fsp3) is 0. The first kappa shape index (κ1) is 13.1. The fourth-order valence-corrected chi connectivity index (χ4v) is 1.30. The van der Waals surface area contributed by atoms with Crippen LogP contribution >= 0.6 is 22.6 Å². The van der Waals surface area contributed by atoms with Crippen LogP contribution in [0.4, 0.5) is 0 Å². The molecule has 0 atom stereocenters. The minimum Gasteiger partial charge on any atom is -0.545 e. The average molecular weight is 298 g/mol. The van der Waals surface area contributed by atoms with E-state index in [-0.39, 0.29) is 44.5 Å². The van der Waals surface area contributed by atoms with Gasteiger partial charge in [-0.05, 0) is 6.07 Å². The van der Waals surface area contributed by atoms with Gasteiger partial charge in [0.05, 0.1) is 5.97 Å². The quantitative estimate of drug-likeness (QED) is 0.348. The molecule has 0 bridgehead atoms. The third-order valence-electron chi connectivity index (χ3n) is 1.36. The van der Waals surface area contributed by atoms with Crippen LogP contribution < -0.4 is 34.7 Å². The van der Waals surface area contributed by atoms with Gasteiger partial charge in [-0.1, -0.05) is 18.2 Å². The van der Waals surface area contributed by atoms with Crippen molar-refractivity contribution in [3.8, 4) is 0 Å². The Hall–Kier alpha value is 0.0900. The van der Waals surface area contributed by atoms with Crippen LogP contribution in [-0.2, 0) is 0 Å². The number of carbonyl (C=O) groups is 2. The van der Waals surface area contributed by atoms with Crippen molar-refractivity contribution >= 4 is 32.4 Å². The second-order valence-electron chi connectivity index (χ2n) is 2.11. The van der Waals surface area contributed by atoms with Crippen LogP contribution in [0.3, 0.4) is 0 Å². The van der Waals surface area contributed by atoms with E-state index in [9.17, 15) is 14.7 Å². The molecule has 0 aliphatic heterocycles. The average Bonchev–Trinajstić information content (AvgIpc) is 2.04. The normalized spacial score (nSPS) is 8.69. The summed E-state index contributed by atoms with van der Waals surface area (Å²) in [6.07, 6.45) is 0. The van der Waals surface area contributed by atoms with E-state index in [1.54, 1.807) is 12.1 Å². The van der Waals surface area contributed by atoms with Crippen LogP contribution in [0, 0.1) is 0 Å². The standard InChI is InChI=1S/C8H5IO3.Na/c9-7(10)5-3-1-2-4-6(5)8(11)12;/h1-4H,(H,11,12);/q;+1/p-1. The summed E-state index contributed by atoms with van der Waals surface area (Å²) < 4.78 is -0.299. The third kappa shape index (κ3) is 3.38. The van der Waals surface area contributed by atoms with Crippen molar-refractivity contribution in [3.05, 3.63) is 35.4 Å². The molecule has 5 heteroatoms. The Kier molecular flexibility index (Phi) is 5.78. The van der Waals surface area contributed by atoms with Gasteiger partial charge in [-0.25, -0.2) is 0 Å². The topological polar surface area (TPSA) is 57.2 Å². The molecule has 0 N–H and O–H groups in total. The van der Waals surface area contributed by atoms with Crippen LogP contribution in [0.1, 0.15) is 20.7 Å². The van der Waals surface area contributed by atoms with Gasteiger partial charge in [0, 0.05) is 33.7 Å². The van der Waals surface area contributed by atoms with Crippen LogP contribution in [-0.4, -0.2) is 9.76 Å². The molecule has 0 aliphatic carbocycles. The van der Waals surface area contributed by atoms with Crippen molar-refractivity contribution in [2.24, 2.45) is 0 Å². The maximum atomic E-state index is 10.9. The molecule has 62 valence electrons. The van der Waals surface area contributed by atoms with Gasteiger partial charge in [0.2, 0.25) is 3.79 Å². The van der Waals surface area contributed by atoms with Gasteiger partial charge < -0.3 is 9.90 Å². The van der Waals surface area contributed by atoms with Crippen molar-refractivity contribution in [1.82, 2.24) is 0 Å². The van der Waals surface area contributed by atoms with Gasteiger partial charge in [-0.15, -0.1) is 0 Å². The zero-order valence-corrected chi connectivity index (χ0v) is 11.1. The predicted octanol–water partition coefficient (Wildman–Crippen LogP) is -2.37. The zero-order valence-electron chi connectivity index (χ0n) is 6.91. The van der Waals surface area contributed by atoms with E-state index in [0.717, 1.165) is 0 Å². The zero-order chi connectivity index (χ0) is 9.14. The van der Waals surface area contributed by atoms with Gasteiger partial charge in [-0.3, -0.25) is 4.79 Å². The number of carbonyl (C=O) groups excluding carboxylic acids is 2. The minimum atomic E-state index is -1.32. The fourth-order valence-electron chi connectivity index (χ4n) is 0.833. The van der Waals surface area contributed by atoms with Gasteiger partial charge in [0.25, 0.3) is 0 Å². The summed E-state index contributed by atoms with van der Waals surface area (Å²) in [5.74, 6) is -1.32. The number of benzene rings is 1. The maximum absolute atomic E-state index is 10.9. The molecule has 1 aromatic rings. The molecule has 0 saturated carbocycles. The minimum absolute atomic E-state index is 0. The van der Waals surface area contributed by atoms with E-state index >= 15 is 0 Å². The second-order valence-corrected chi connectivity index (χ2v) is 3.09. The summed E-state index contributed by atoms with van der Waals surface area (Å²) in [4.78, 5) is 21.3. The molecule has 0 aromatic heterocycles. The van der Waals surface area contributed by atoms with E-state index in [1.165, 1.54) is 34.7 Å². The Morgan fingerprint density at radius 2 is 1.62 bits per heavy atom. The van der Waals surface area contributed by atoms with Crippen molar-refractivity contribution < 1.29 is 44.3 Å². The molecule has 0 radical (unpaired) electrons. The second kappa shape index (κ2) is 5.74. The summed E-state index contributed by atoms with van der Waals surface area (Å²) in [5, 5.41) is 10.5. The SMILES string of the molecule is O=C([O-])c1ccccc1C(=O)I.[Na+]. The van der Waals surface area contributed by atoms with Crippen LogP contribution in [0.5, 0.6) is 0 Å². The molecule has 1 rings (SSSR count). The van der Waals surface area contributed by atoms with Gasteiger partial charge in [0.15, 0.2) is 0 Å². The summed E-state index contributed by atoms with van der Waals surface area (Å²) in [6.45, 7) is 0. The summed E-state index contributed by atoms with van der Waals surface area (Å²) in [5.41, 5.74) is 0.120. The molecule has 0 amide bonds. The van der Waals surface area contributed by atoms with Gasteiger partial charge >= 0.3 is 29.6 Å². The Morgan fingerprint density at radius 1 is 1.15 bits per heavy atom. The van der Waals surface area contributed by atoms with Gasteiger partial charge in [-0.2, -0.15) is 0 Å². The van der Waals surface area contributed by atoms with Crippen LogP contribution in [0.25, 0.3) is 0 Å². The molecule has 3 nitrogen and oxygen atoms in total. The molecule has 0 unspecified atom stereocenters. The van der Waals surface area contributed by atoms with E-state index < -0.39 is 5.97 Å². The monoisotopic (exact) mass is 298 g/mol. The van der Waals surface area contributed by atoms with Gasteiger partial charge in [0.1, 0.15) is 0 Å². The molecule has 0 aliphatic rings. The van der Waals surface area contributed by atoms with Crippen molar-refractivity contribution in [1.29, 1.82) is 0 Å². The Morgan fingerprint density at radius 3 is 1.92 bits per heavy atom. The molecule has 0 fully saturated rings. The number of hydrogen-bond donors (Lipinski definition) is 0. The number of halogens is 1. The number of hydrogen-bond acceptors (Lipinski definition) is 3. The van der Waals surface area contributed by atoms with Crippen LogP contribution in [0.2, 0.25) is 0 Å². The molecule has 0 spiro atoms. The molecular formula is C8H4INaO3. The Bertz CT molecular complexity index is 305. The van der Waals surface area contributed by atoms with E-state index in [4.69, 9.17) is 0 Å². The summed E-state index contributed by atoms with van der Waals surface area (Å²) >= 11 is 1.54. The first-order chi connectivity index (χ1) is 5.63. The summed E-state index contributed by atoms with van der Waals surface area (Å²) in [7, 11) is 0. The van der Waals surface area contributed by atoms with Crippen molar-refractivity contribution in [3.63, 3.8) is 0 Å². The number of rotatable bonds is 2. The van der Waals surface area contributed by atoms with Crippen LogP contribution in [0.15, 0.2) is 24.3 Å². The predicted molar refractivity (Wildman–Crippen MR) is 49.1 cm³/mol. The Labute approximate surface area is 111 Å². The maximum Gasteiger partial charge on any atom is 1.00 e. The van der Waals surface area contributed by atoms with E-state index in [2.05, 4.69) is 0 Å². The molecule has 0 heterocycles. The molecular weight excluding hydrogens is 294 g/mol. The summed E-state index contributed by atoms with van der Waals surface area (Å²) in [6, 6.07) is 5.97. The smallest absolute Gasteiger partial charge is 0.545 e. The largest absolute Gasteiger partial charge is 1.00 e. The van der Waals surface area contributed by atoms with E-state index in [1.807, 2.05) is 0 Å².